The van der Waals surface area contributed by atoms with Gasteiger partial charge in [0.1, 0.15) is 6.61 Å². The lowest BCUT2D eigenvalue weighted by molar-refractivity contribution is 0.115. The Balaban J connectivity index is 2.23. The highest BCUT2D eigenvalue weighted by Gasteiger charge is 2.20. The summed E-state index contributed by atoms with van der Waals surface area (Å²) < 4.78 is 10.6. The van der Waals surface area contributed by atoms with Crippen molar-refractivity contribution in [3.63, 3.8) is 0 Å². The number of ether oxygens (including phenoxy) is 2. The Morgan fingerprint density at radius 3 is 2.48 bits per heavy atom. The number of methoxy groups -OCH3 is 1. The maximum atomic E-state index is 12.0. The summed E-state index contributed by atoms with van der Waals surface area (Å²) in [7, 11) is 4.27. The van der Waals surface area contributed by atoms with Crippen LogP contribution in [-0.2, 0) is 20.9 Å². The van der Waals surface area contributed by atoms with Crippen molar-refractivity contribution < 1.29 is 19.1 Å². The Bertz CT molecular complexity index is 911. The number of rotatable bonds is 6. The Morgan fingerprint density at radius 1 is 1.21 bits per heavy atom. The maximum Gasteiger partial charge on any atom is 0.438 e. The van der Waals surface area contributed by atoms with Crippen LogP contribution in [0.2, 0.25) is 5.02 Å². The fraction of sp³-hybridized carbons (Fsp3) is 0.238. The number of benzene rings is 2. The average molecular weight is 418 g/mol. The summed E-state index contributed by atoms with van der Waals surface area (Å²) in [5.74, 6) is 0.340. The Hall–Kier alpha value is -3.03. The number of hydrogen-bond acceptors (Lipinski definition) is 6. The minimum absolute atomic E-state index is 0.144. The zero-order valence-electron chi connectivity index (χ0n) is 16.8. The van der Waals surface area contributed by atoms with Gasteiger partial charge in [-0.3, -0.25) is 9.83 Å². The number of amides is 1. The molecule has 0 heterocycles. The first-order valence-corrected chi connectivity index (χ1v) is 9.11. The molecule has 0 aliphatic heterocycles. The number of aliphatic imine (C=N–C) groups is 1. The molecule has 0 radical (unpaired) electrons. The topological polar surface area (TPSA) is 86.4 Å². The molecule has 0 spiro atoms. The highest BCUT2D eigenvalue weighted by molar-refractivity contribution is 6.30. The molecule has 0 unspecified atom stereocenters. The fourth-order valence-corrected chi connectivity index (χ4v) is 2.69. The molecule has 0 aliphatic rings. The van der Waals surface area contributed by atoms with Gasteiger partial charge in [-0.2, -0.15) is 5.06 Å². The quantitative estimate of drug-likeness (QED) is 0.429. The zero-order valence-corrected chi connectivity index (χ0v) is 17.6. The molecule has 0 atom stereocenters. The van der Waals surface area contributed by atoms with Crippen molar-refractivity contribution >= 4 is 35.0 Å². The first-order chi connectivity index (χ1) is 13.9. The number of carbonyl (C=O) groups is 1. The number of nitrogens with two attached hydrogens (primary N) is 1. The van der Waals surface area contributed by atoms with Crippen molar-refractivity contribution in [1.82, 2.24) is 0 Å². The summed E-state index contributed by atoms with van der Waals surface area (Å²) in [5.41, 5.74) is 9.65. The summed E-state index contributed by atoms with van der Waals surface area (Å²) in [6, 6.07) is 12.7. The molecule has 2 aromatic carbocycles. The van der Waals surface area contributed by atoms with E-state index in [0.717, 1.165) is 21.8 Å². The van der Waals surface area contributed by atoms with Gasteiger partial charge in [0, 0.05) is 29.4 Å². The highest BCUT2D eigenvalue weighted by Crippen LogP contribution is 2.24. The second-order valence-electron chi connectivity index (χ2n) is 6.04. The largest absolute Gasteiger partial charge is 0.473 e. The fourth-order valence-electron chi connectivity index (χ4n) is 2.56. The number of hydrogen-bond donors (Lipinski definition) is 1. The van der Waals surface area contributed by atoms with Gasteiger partial charge in [0.15, 0.2) is 0 Å². The normalized spacial score (nSPS) is 11.9. The van der Waals surface area contributed by atoms with Gasteiger partial charge in [0.25, 0.3) is 0 Å². The number of nitrogens with zero attached hydrogens (tertiary/aromatic N) is 2. The molecule has 8 heteroatoms. The van der Waals surface area contributed by atoms with E-state index in [1.54, 1.807) is 31.3 Å². The Labute approximate surface area is 175 Å². The van der Waals surface area contributed by atoms with E-state index in [9.17, 15) is 4.79 Å². The van der Waals surface area contributed by atoms with Crippen LogP contribution in [0.4, 0.5) is 10.5 Å². The smallest absolute Gasteiger partial charge is 0.438 e. The highest BCUT2D eigenvalue weighted by atomic mass is 35.5. The Morgan fingerprint density at radius 2 is 1.90 bits per heavy atom. The molecule has 0 aliphatic carbocycles. The molecule has 154 valence electrons. The molecular weight excluding hydrogens is 394 g/mol. The summed E-state index contributed by atoms with van der Waals surface area (Å²) in [5, 5.41) is 1.68. The zero-order chi connectivity index (χ0) is 21.4. The van der Waals surface area contributed by atoms with Crippen LogP contribution in [0.25, 0.3) is 5.70 Å². The van der Waals surface area contributed by atoms with Gasteiger partial charge in [0.2, 0.25) is 5.90 Å². The van der Waals surface area contributed by atoms with Crippen molar-refractivity contribution in [2.45, 2.75) is 13.5 Å². The van der Waals surface area contributed by atoms with Crippen LogP contribution in [0.3, 0.4) is 0 Å². The van der Waals surface area contributed by atoms with Gasteiger partial charge < -0.3 is 15.2 Å². The lowest BCUT2D eigenvalue weighted by atomic mass is 10.1. The van der Waals surface area contributed by atoms with Crippen molar-refractivity contribution in [3.05, 3.63) is 70.3 Å². The molecular formula is C21H24ClN3O4. The maximum absolute atomic E-state index is 12.0. The van der Waals surface area contributed by atoms with Crippen LogP contribution in [0.5, 0.6) is 0 Å². The van der Waals surface area contributed by atoms with Crippen LogP contribution < -0.4 is 10.8 Å². The van der Waals surface area contributed by atoms with Gasteiger partial charge in [-0.05, 0) is 30.7 Å². The van der Waals surface area contributed by atoms with Crippen molar-refractivity contribution in [2.24, 2.45) is 10.7 Å². The lowest BCUT2D eigenvalue weighted by Gasteiger charge is -2.21. The summed E-state index contributed by atoms with van der Waals surface area (Å²) in [4.78, 5) is 21.3. The summed E-state index contributed by atoms with van der Waals surface area (Å²) in [6.45, 7) is 2.08. The first-order valence-electron chi connectivity index (χ1n) is 8.74. The van der Waals surface area contributed by atoms with Crippen molar-refractivity contribution in [3.8, 4) is 0 Å². The van der Waals surface area contributed by atoms with E-state index in [-0.39, 0.29) is 6.61 Å². The van der Waals surface area contributed by atoms with E-state index in [1.165, 1.54) is 14.2 Å². The third-order valence-electron chi connectivity index (χ3n) is 4.03. The van der Waals surface area contributed by atoms with E-state index < -0.39 is 6.09 Å². The lowest BCUT2D eigenvalue weighted by Crippen LogP contribution is -2.30. The number of aryl methyl sites for hydroxylation is 1. The second-order valence-corrected chi connectivity index (χ2v) is 6.47. The number of anilines is 1. The molecule has 0 saturated carbocycles. The molecule has 2 aromatic rings. The van der Waals surface area contributed by atoms with E-state index in [1.807, 2.05) is 31.2 Å². The monoisotopic (exact) mass is 417 g/mol. The van der Waals surface area contributed by atoms with Crippen LogP contribution in [0.15, 0.2) is 53.5 Å². The average Bonchev–Trinajstić information content (AvgIpc) is 2.72. The molecule has 0 aromatic heterocycles. The minimum atomic E-state index is -0.645. The summed E-state index contributed by atoms with van der Waals surface area (Å²) >= 11 is 5.91. The third-order valence-corrected chi connectivity index (χ3v) is 4.28. The Kier molecular flexibility index (Phi) is 8.06. The molecule has 1 amide bonds. The van der Waals surface area contributed by atoms with Crippen LogP contribution in [-0.4, -0.2) is 33.3 Å². The predicted octanol–water partition coefficient (Wildman–Crippen LogP) is 4.33. The number of hydroxylamine groups is 1. The molecule has 0 bridgehead atoms. The van der Waals surface area contributed by atoms with Crippen LogP contribution >= 0.6 is 11.6 Å². The van der Waals surface area contributed by atoms with Gasteiger partial charge in [-0.15, -0.1) is 0 Å². The molecule has 0 fully saturated rings. The van der Waals surface area contributed by atoms with Gasteiger partial charge in [-0.1, -0.05) is 41.4 Å². The number of halogens is 1. The second kappa shape index (κ2) is 10.5. The SMILES string of the molecule is CN=C(C=C(N)c1ccc(Cl)cc1)OCc1cc(C)ccc1N(OC)C(=O)OC. The van der Waals surface area contributed by atoms with Gasteiger partial charge in [-0.25, -0.2) is 4.79 Å². The van der Waals surface area contributed by atoms with E-state index in [4.69, 9.17) is 31.6 Å². The number of carbonyl (C=O) groups excluding carboxylic acids is 1. The van der Waals surface area contributed by atoms with E-state index >= 15 is 0 Å². The van der Waals surface area contributed by atoms with E-state index in [2.05, 4.69) is 4.99 Å². The van der Waals surface area contributed by atoms with Crippen LogP contribution in [0.1, 0.15) is 16.7 Å². The molecule has 0 saturated heterocycles. The first kappa shape index (κ1) is 22.3. The predicted molar refractivity (Wildman–Crippen MR) is 115 cm³/mol. The molecule has 2 rings (SSSR count). The minimum Gasteiger partial charge on any atom is -0.473 e. The molecule has 2 N–H and O–H groups in total. The summed E-state index contributed by atoms with van der Waals surface area (Å²) in [6.07, 6.45) is 0.987. The van der Waals surface area contributed by atoms with E-state index in [0.29, 0.717) is 22.3 Å². The van der Waals surface area contributed by atoms with Crippen molar-refractivity contribution in [1.29, 1.82) is 0 Å². The standard InChI is InChI=1S/C21H24ClN3O4/c1-14-5-10-19(25(28-4)21(26)27-3)16(11-14)13-29-20(24-2)12-18(23)15-6-8-17(22)9-7-15/h5-12H,13,23H2,1-4H3. The third kappa shape index (κ3) is 5.97. The van der Waals surface area contributed by atoms with Crippen molar-refractivity contribution in [2.75, 3.05) is 26.3 Å². The molecule has 29 heavy (non-hydrogen) atoms. The van der Waals surface area contributed by atoms with Gasteiger partial charge in [0.05, 0.1) is 19.9 Å². The van der Waals surface area contributed by atoms with Crippen LogP contribution in [0, 0.1) is 6.92 Å². The molecule has 7 nitrogen and oxygen atoms in total. The van der Waals surface area contributed by atoms with Gasteiger partial charge >= 0.3 is 6.09 Å².